The van der Waals surface area contributed by atoms with Crippen molar-refractivity contribution >= 4 is 44.6 Å². The van der Waals surface area contributed by atoms with Gasteiger partial charge in [0.1, 0.15) is 11.6 Å². The van der Waals surface area contributed by atoms with Gasteiger partial charge in [-0.2, -0.15) is 13.2 Å². The predicted molar refractivity (Wildman–Crippen MR) is 126 cm³/mol. The summed E-state index contributed by atoms with van der Waals surface area (Å²) in [5.41, 5.74) is 7.13. The summed E-state index contributed by atoms with van der Waals surface area (Å²) in [6.07, 6.45) is -3.07. The molecule has 2 aromatic heterocycles. The van der Waals surface area contributed by atoms with Gasteiger partial charge in [0.15, 0.2) is 0 Å². The minimum atomic E-state index is -4.66. The van der Waals surface area contributed by atoms with Crippen molar-refractivity contribution in [3.63, 3.8) is 0 Å². The number of pyridine rings is 1. The summed E-state index contributed by atoms with van der Waals surface area (Å²) in [5.74, 6) is 4.86. The average Bonchev–Trinajstić information content (AvgIpc) is 3.23. The van der Waals surface area contributed by atoms with Crippen molar-refractivity contribution in [3.05, 3.63) is 77.9 Å². The number of hydrogen-bond acceptors (Lipinski definition) is 4. The molecule has 34 heavy (non-hydrogen) atoms. The van der Waals surface area contributed by atoms with Crippen molar-refractivity contribution < 1.29 is 22.4 Å². The molecule has 0 saturated heterocycles. The Balaban J connectivity index is 1.54. The van der Waals surface area contributed by atoms with Crippen molar-refractivity contribution in [2.24, 2.45) is 0 Å². The number of carbonyl (C=O) groups excluding carboxylic acids is 1. The fourth-order valence-electron chi connectivity index (χ4n) is 3.28. The first-order chi connectivity index (χ1) is 16.2. The van der Waals surface area contributed by atoms with Crippen LogP contribution in [0, 0.1) is 24.6 Å². The highest BCUT2D eigenvalue weighted by Gasteiger charge is 2.31. The van der Waals surface area contributed by atoms with Gasteiger partial charge in [0, 0.05) is 29.8 Å². The van der Waals surface area contributed by atoms with Crippen LogP contribution in [0.5, 0.6) is 0 Å². The van der Waals surface area contributed by atoms with E-state index in [0.717, 1.165) is 21.2 Å². The summed E-state index contributed by atoms with van der Waals surface area (Å²) < 4.78 is 53.3. The molecule has 0 spiro atoms. The van der Waals surface area contributed by atoms with Crippen LogP contribution in [0.4, 0.5) is 39.5 Å². The maximum absolute atomic E-state index is 13.9. The van der Waals surface area contributed by atoms with E-state index in [2.05, 4.69) is 34.4 Å². The Hall–Kier alpha value is -4.10. The Kier molecular flexibility index (Phi) is 6.13. The van der Waals surface area contributed by atoms with E-state index in [0.29, 0.717) is 35.3 Å². The molecular formula is C24H15F4N4OS. The van der Waals surface area contributed by atoms with Crippen molar-refractivity contribution in [2.45, 2.75) is 6.18 Å². The summed E-state index contributed by atoms with van der Waals surface area (Å²) in [7, 11) is 0. The molecule has 2 aromatic carbocycles. The minimum absolute atomic E-state index is 0.350. The predicted octanol–water partition coefficient (Wildman–Crippen LogP) is 6.53. The molecule has 0 aliphatic carbocycles. The number of benzene rings is 2. The van der Waals surface area contributed by atoms with Gasteiger partial charge in [0.2, 0.25) is 0 Å². The summed E-state index contributed by atoms with van der Waals surface area (Å²) in [5, 5.41) is 7.23. The van der Waals surface area contributed by atoms with Gasteiger partial charge < -0.3 is 16.4 Å². The number of alkyl halides is 3. The van der Waals surface area contributed by atoms with E-state index < -0.39 is 29.3 Å². The number of nitrogens with two attached hydrogens (primary N) is 1. The van der Waals surface area contributed by atoms with Crippen LogP contribution in [0.3, 0.4) is 0 Å². The Morgan fingerprint density at radius 3 is 2.53 bits per heavy atom. The van der Waals surface area contributed by atoms with Gasteiger partial charge in [0.25, 0.3) is 0 Å². The number of nitrogen functional groups attached to an aromatic ring is 1. The fourth-order valence-corrected chi connectivity index (χ4v) is 4.33. The molecule has 0 saturated carbocycles. The van der Waals surface area contributed by atoms with E-state index in [1.807, 2.05) is 5.38 Å². The standard InChI is InChI=1S/C24H15F4N4OS/c1-2-3-14-11-30-22(29)20-17(12-34-21(14)20)13-4-7-16(8-5-13)31-23(33)32-19-10-15(24(26,27)28)6-9-18(19)25/h4-12H,1H2,(H2,29,30)(H2,31,32,33). The van der Waals surface area contributed by atoms with Gasteiger partial charge in [0.05, 0.1) is 21.5 Å². The summed E-state index contributed by atoms with van der Waals surface area (Å²) in [6.45, 7) is 3.53. The van der Waals surface area contributed by atoms with Crippen LogP contribution in [0.15, 0.2) is 54.0 Å². The lowest BCUT2D eigenvalue weighted by Gasteiger charge is -2.12. The van der Waals surface area contributed by atoms with E-state index in [1.54, 1.807) is 30.5 Å². The summed E-state index contributed by atoms with van der Waals surface area (Å²) in [6, 6.07) is 7.56. The Morgan fingerprint density at radius 2 is 1.85 bits per heavy atom. The smallest absolute Gasteiger partial charge is 0.383 e. The SMILES string of the molecule is [CH2]C#Cc1cnc(N)c2c(-c3ccc(NC(=O)Nc4cc(C(F)(F)F)ccc4F)cc3)csc12. The third-order valence-electron chi connectivity index (χ3n) is 4.84. The highest BCUT2D eigenvalue weighted by molar-refractivity contribution is 7.18. The second-order valence-corrected chi connectivity index (χ2v) is 7.94. The number of rotatable bonds is 3. The van der Waals surface area contributed by atoms with E-state index in [4.69, 9.17) is 5.73 Å². The van der Waals surface area contributed by atoms with Crippen molar-refractivity contribution in [1.82, 2.24) is 4.98 Å². The van der Waals surface area contributed by atoms with Crippen LogP contribution < -0.4 is 16.4 Å². The number of nitrogens with one attached hydrogen (secondary N) is 2. The van der Waals surface area contributed by atoms with E-state index in [9.17, 15) is 22.4 Å². The number of aromatic nitrogens is 1. The highest BCUT2D eigenvalue weighted by Crippen LogP contribution is 2.38. The largest absolute Gasteiger partial charge is 0.416 e. The first-order valence-corrected chi connectivity index (χ1v) is 10.5. The molecule has 0 unspecified atom stereocenters. The first-order valence-electron chi connectivity index (χ1n) is 9.66. The molecule has 0 aliphatic rings. The number of nitrogens with zero attached hydrogens (tertiary/aromatic N) is 1. The maximum Gasteiger partial charge on any atom is 0.416 e. The second-order valence-electron chi connectivity index (χ2n) is 7.06. The maximum atomic E-state index is 13.9. The molecule has 2 heterocycles. The number of carbonyl (C=O) groups is 1. The van der Waals surface area contributed by atoms with Gasteiger partial charge in [-0.05, 0) is 41.3 Å². The first kappa shape index (κ1) is 23.1. The molecule has 5 nitrogen and oxygen atoms in total. The molecule has 1 radical (unpaired) electrons. The van der Waals surface area contributed by atoms with Crippen molar-refractivity contribution in [2.75, 3.05) is 16.4 Å². The number of halogens is 4. The van der Waals surface area contributed by atoms with E-state index in [1.165, 1.54) is 11.3 Å². The lowest BCUT2D eigenvalue weighted by molar-refractivity contribution is -0.137. The second kappa shape index (κ2) is 9.03. The van der Waals surface area contributed by atoms with Crippen LogP contribution in [0.25, 0.3) is 21.2 Å². The van der Waals surface area contributed by atoms with Gasteiger partial charge in [-0.1, -0.05) is 24.0 Å². The molecule has 4 N–H and O–H groups in total. The van der Waals surface area contributed by atoms with Gasteiger partial charge in [-0.25, -0.2) is 14.2 Å². The van der Waals surface area contributed by atoms with E-state index in [-0.39, 0.29) is 0 Å². The summed E-state index contributed by atoms with van der Waals surface area (Å²) in [4.78, 5) is 16.4. The average molecular weight is 483 g/mol. The quantitative estimate of drug-likeness (QED) is 0.229. The van der Waals surface area contributed by atoms with Crippen LogP contribution in [0.1, 0.15) is 11.1 Å². The highest BCUT2D eigenvalue weighted by atomic mass is 32.1. The lowest BCUT2D eigenvalue weighted by atomic mass is 10.0. The third-order valence-corrected chi connectivity index (χ3v) is 5.86. The van der Waals surface area contributed by atoms with E-state index >= 15 is 0 Å². The Bertz CT molecular complexity index is 1450. The zero-order valence-corrected chi connectivity index (χ0v) is 18.1. The van der Waals surface area contributed by atoms with Crippen molar-refractivity contribution in [1.29, 1.82) is 0 Å². The Morgan fingerprint density at radius 1 is 1.12 bits per heavy atom. The summed E-state index contributed by atoms with van der Waals surface area (Å²) >= 11 is 1.46. The molecule has 0 aliphatic heterocycles. The van der Waals surface area contributed by atoms with Crippen LogP contribution >= 0.6 is 11.3 Å². The lowest BCUT2D eigenvalue weighted by Crippen LogP contribution is -2.20. The number of fused-ring (bicyclic) bond motifs is 1. The molecule has 4 aromatic rings. The third kappa shape index (κ3) is 4.65. The van der Waals surface area contributed by atoms with Crippen molar-refractivity contribution in [3.8, 4) is 23.0 Å². The monoisotopic (exact) mass is 483 g/mol. The van der Waals surface area contributed by atoms with Gasteiger partial charge in [-0.15, -0.1) is 11.3 Å². The molecule has 10 heteroatoms. The molecule has 0 atom stereocenters. The Labute approximate surface area is 195 Å². The molecule has 4 rings (SSSR count). The zero-order chi connectivity index (χ0) is 24.5. The van der Waals surface area contributed by atoms with Gasteiger partial charge in [-0.3, -0.25) is 0 Å². The van der Waals surface area contributed by atoms with Crippen LogP contribution in [-0.2, 0) is 6.18 Å². The van der Waals surface area contributed by atoms with Crippen LogP contribution in [-0.4, -0.2) is 11.0 Å². The fraction of sp³-hybridized carbons (Fsp3) is 0.0417. The molecule has 2 amide bonds. The molecule has 171 valence electrons. The molecular weight excluding hydrogens is 468 g/mol. The topological polar surface area (TPSA) is 80.0 Å². The minimum Gasteiger partial charge on any atom is -0.383 e. The number of hydrogen-bond donors (Lipinski definition) is 3. The van der Waals surface area contributed by atoms with Crippen LogP contribution in [0.2, 0.25) is 0 Å². The number of amides is 2. The normalized spacial score (nSPS) is 11.1. The zero-order valence-electron chi connectivity index (χ0n) is 17.3. The number of thiophene rings is 1. The molecule has 0 bridgehead atoms. The van der Waals surface area contributed by atoms with Gasteiger partial charge >= 0.3 is 12.2 Å². The number of anilines is 3. The number of urea groups is 1. The molecule has 0 fully saturated rings.